The summed E-state index contributed by atoms with van der Waals surface area (Å²) in [6.07, 6.45) is 9.08. The molecular weight excluding hydrogens is 286 g/mol. The van der Waals surface area contributed by atoms with Crippen molar-refractivity contribution in [1.29, 1.82) is 0 Å². The maximum absolute atomic E-state index is 12.9. The molecule has 116 valence electrons. The Morgan fingerprint density at radius 1 is 1.33 bits per heavy atom. The van der Waals surface area contributed by atoms with Crippen LogP contribution in [0.5, 0.6) is 0 Å². The van der Waals surface area contributed by atoms with Gasteiger partial charge in [-0.25, -0.2) is 0 Å². The van der Waals surface area contributed by atoms with E-state index in [1.807, 2.05) is 12.3 Å². The highest BCUT2D eigenvalue weighted by Crippen LogP contribution is 2.38. The van der Waals surface area contributed by atoms with Gasteiger partial charge in [0, 0.05) is 24.9 Å². The minimum absolute atomic E-state index is 0. The van der Waals surface area contributed by atoms with Crippen LogP contribution in [0.2, 0.25) is 0 Å². The number of rotatable bonds is 3. The third-order valence-corrected chi connectivity index (χ3v) is 4.88. The minimum atomic E-state index is 0. The molecule has 1 unspecified atom stereocenters. The molecule has 1 amide bonds. The molecule has 3 atom stereocenters. The molecule has 5 heteroatoms. The van der Waals surface area contributed by atoms with Gasteiger partial charge in [0.05, 0.1) is 6.04 Å². The summed E-state index contributed by atoms with van der Waals surface area (Å²) in [6.45, 7) is 1.52. The van der Waals surface area contributed by atoms with E-state index in [0.29, 0.717) is 18.4 Å². The van der Waals surface area contributed by atoms with Crippen LogP contribution in [0.25, 0.3) is 0 Å². The molecule has 1 saturated heterocycles. The Morgan fingerprint density at radius 3 is 2.90 bits per heavy atom. The Balaban J connectivity index is 0.00000161. The topological polar surface area (TPSA) is 59.2 Å². The van der Waals surface area contributed by atoms with Crippen molar-refractivity contribution in [2.24, 2.45) is 17.6 Å². The van der Waals surface area contributed by atoms with E-state index in [2.05, 4.69) is 16.0 Å². The summed E-state index contributed by atoms with van der Waals surface area (Å²) in [7, 11) is 0. The molecule has 1 aliphatic heterocycles. The van der Waals surface area contributed by atoms with E-state index in [9.17, 15) is 4.79 Å². The van der Waals surface area contributed by atoms with Gasteiger partial charge in [-0.05, 0) is 49.8 Å². The van der Waals surface area contributed by atoms with Crippen molar-refractivity contribution in [3.63, 3.8) is 0 Å². The van der Waals surface area contributed by atoms with E-state index in [-0.39, 0.29) is 24.4 Å². The lowest BCUT2D eigenvalue weighted by atomic mass is 9.94. The van der Waals surface area contributed by atoms with Crippen molar-refractivity contribution >= 4 is 18.3 Å². The molecule has 3 rings (SSSR count). The Kier molecular flexibility index (Phi) is 5.59. The van der Waals surface area contributed by atoms with Crippen LogP contribution in [0, 0.1) is 11.8 Å². The zero-order valence-electron chi connectivity index (χ0n) is 12.3. The highest BCUT2D eigenvalue weighted by molar-refractivity contribution is 5.85. The van der Waals surface area contributed by atoms with Crippen LogP contribution < -0.4 is 5.73 Å². The largest absolute Gasteiger partial charge is 0.335 e. The van der Waals surface area contributed by atoms with E-state index in [1.165, 1.54) is 5.56 Å². The normalized spacial score (nSPS) is 28.4. The van der Waals surface area contributed by atoms with Gasteiger partial charge < -0.3 is 10.6 Å². The van der Waals surface area contributed by atoms with Gasteiger partial charge in [-0.1, -0.05) is 12.5 Å². The van der Waals surface area contributed by atoms with Crippen molar-refractivity contribution in [3.8, 4) is 0 Å². The number of nitrogens with zero attached hydrogens (tertiary/aromatic N) is 2. The molecule has 0 bridgehead atoms. The van der Waals surface area contributed by atoms with Crippen LogP contribution in [-0.2, 0) is 4.79 Å². The maximum Gasteiger partial charge on any atom is 0.226 e. The fraction of sp³-hybridized carbons (Fsp3) is 0.625. The second kappa shape index (κ2) is 7.23. The van der Waals surface area contributed by atoms with Gasteiger partial charge in [0.1, 0.15) is 0 Å². The van der Waals surface area contributed by atoms with Crippen molar-refractivity contribution in [3.05, 3.63) is 30.1 Å². The first-order valence-corrected chi connectivity index (χ1v) is 7.71. The SMILES string of the molecule is Cl.NC[C@H]1CCC[C@H]1C(=O)N1CCCC1c1cccnc1. The lowest BCUT2D eigenvalue weighted by Gasteiger charge is -2.29. The average Bonchev–Trinajstić information content (AvgIpc) is 3.16. The van der Waals surface area contributed by atoms with Crippen LogP contribution in [0.4, 0.5) is 0 Å². The molecule has 1 aliphatic carbocycles. The van der Waals surface area contributed by atoms with Gasteiger partial charge in [0.2, 0.25) is 5.91 Å². The minimum Gasteiger partial charge on any atom is -0.335 e. The fourth-order valence-electron chi connectivity index (χ4n) is 3.81. The number of hydrogen-bond donors (Lipinski definition) is 1. The number of halogens is 1. The standard InChI is InChI=1S/C16H23N3O.ClH/c17-10-12-4-1-6-14(12)16(20)19-9-3-7-15(19)13-5-2-8-18-11-13;/h2,5,8,11-12,14-15H,1,3-4,6-7,9-10,17H2;1H/t12-,14-,15?;/m1./s1. The van der Waals surface area contributed by atoms with Gasteiger partial charge in [-0.15, -0.1) is 12.4 Å². The van der Waals surface area contributed by atoms with Gasteiger partial charge in [0.25, 0.3) is 0 Å². The number of carbonyl (C=O) groups is 1. The van der Waals surface area contributed by atoms with E-state index in [0.717, 1.165) is 38.6 Å². The Morgan fingerprint density at radius 2 is 2.19 bits per heavy atom. The summed E-state index contributed by atoms with van der Waals surface area (Å²) in [6, 6.07) is 4.25. The van der Waals surface area contributed by atoms with Gasteiger partial charge in [-0.3, -0.25) is 9.78 Å². The van der Waals surface area contributed by atoms with Gasteiger partial charge in [-0.2, -0.15) is 0 Å². The van der Waals surface area contributed by atoms with E-state index >= 15 is 0 Å². The fourth-order valence-corrected chi connectivity index (χ4v) is 3.81. The van der Waals surface area contributed by atoms with E-state index in [1.54, 1.807) is 6.20 Å². The Bertz CT molecular complexity index is 468. The summed E-state index contributed by atoms with van der Waals surface area (Å²) in [4.78, 5) is 19.1. The maximum atomic E-state index is 12.9. The third-order valence-electron chi connectivity index (χ3n) is 4.88. The van der Waals surface area contributed by atoms with Crippen LogP contribution in [-0.4, -0.2) is 28.9 Å². The van der Waals surface area contributed by atoms with Crippen molar-refractivity contribution in [1.82, 2.24) is 9.88 Å². The monoisotopic (exact) mass is 309 g/mol. The molecule has 2 aliphatic rings. The summed E-state index contributed by atoms with van der Waals surface area (Å²) in [5.41, 5.74) is 6.99. The number of amides is 1. The summed E-state index contributed by atoms with van der Waals surface area (Å²) in [5, 5.41) is 0. The van der Waals surface area contributed by atoms with Crippen LogP contribution in [0.1, 0.15) is 43.7 Å². The smallest absolute Gasteiger partial charge is 0.226 e. The molecule has 2 N–H and O–H groups in total. The van der Waals surface area contributed by atoms with Gasteiger partial charge >= 0.3 is 0 Å². The summed E-state index contributed by atoms with van der Waals surface area (Å²) >= 11 is 0. The zero-order chi connectivity index (χ0) is 13.9. The third kappa shape index (κ3) is 3.22. The molecule has 2 heterocycles. The first kappa shape index (κ1) is 16.2. The summed E-state index contributed by atoms with van der Waals surface area (Å²) < 4.78 is 0. The van der Waals surface area contributed by atoms with Crippen LogP contribution in [0.3, 0.4) is 0 Å². The van der Waals surface area contributed by atoms with Gasteiger partial charge in [0.15, 0.2) is 0 Å². The number of hydrogen-bond acceptors (Lipinski definition) is 3. The lowest BCUT2D eigenvalue weighted by Crippen LogP contribution is -2.38. The first-order valence-electron chi connectivity index (χ1n) is 7.71. The molecule has 1 aromatic rings. The van der Waals surface area contributed by atoms with Crippen molar-refractivity contribution in [2.45, 2.75) is 38.1 Å². The second-order valence-electron chi connectivity index (χ2n) is 6.01. The van der Waals surface area contributed by atoms with Crippen LogP contribution in [0.15, 0.2) is 24.5 Å². The molecule has 1 saturated carbocycles. The Hall–Kier alpha value is -1.13. The molecule has 0 spiro atoms. The summed E-state index contributed by atoms with van der Waals surface area (Å²) in [5.74, 6) is 0.860. The Labute approximate surface area is 132 Å². The molecule has 2 fully saturated rings. The molecule has 0 radical (unpaired) electrons. The average molecular weight is 310 g/mol. The molecule has 4 nitrogen and oxygen atoms in total. The number of carbonyl (C=O) groups excluding carboxylic acids is 1. The predicted octanol–water partition coefficient (Wildman–Crippen LogP) is 2.54. The number of likely N-dealkylation sites (tertiary alicyclic amines) is 1. The highest BCUT2D eigenvalue weighted by Gasteiger charge is 2.39. The molecule has 0 aromatic carbocycles. The number of aromatic nitrogens is 1. The predicted molar refractivity (Wildman–Crippen MR) is 85.1 cm³/mol. The van der Waals surface area contributed by atoms with Crippen molar-refractivity contribution < 1.29 is 4.79 Å². The zero-order valence-corrected chi connectivity index (χ0v) is 13.1. The molecular formula is C16H24ClN3O. The van der Waals surface area contributed by atoms with Crippen LogP contribution >= 0.6 is 12.4 Å². The van der Waals surface area contributed by atoms with E-state index in [4.69, 9.17) is 5.73 Å². The number of nitrogens with two attached hydrogens (primary N) is 1. The van der Waals surface area contributed by atoms with E-state index < -0.39 is 0 Å². The molecule has 1 aromatic heterocycles. The van der Waals surface area contributed by atoms with Crippen molar-refractivity contribution in [2.75, 3.05) is 13.1 Å². The second-order valence-corrected chi connectivity index (χ2v) is 6.01. The quantitative estimate of drug-likeness (QED) is 0.933. The molecule has 21 heavy (non-hydrogen) atoms. The number of pyridine rings is 1. The first-order chi connectivity index (χ1) is 9.81. The highest BCUT2D eigenvalue weighted by atomic mass is 35.5. The lowest BCUT2D eigenvalue weighted by molar-refractivity contribution is -0.137.